The van der Waals surface area contributed by atoms with Gasteiger partial charge in [0.05, 0.1) is 12.4 Å². The van der Waals surface area contributed by atoms with Gasteiger partial charge in [-0.25, -0.2) is 4.79 Å². The molecule has 2 rings (SSSR count). The largest absolute Gasteiger partial charge is 0.432 e. The Balaban J connectivity index is 1.74. The molecule has 0 radical (unpaired) electrons. The van der Waals surface area contributed by atoms with Crippen molar-refractivity contribution in [1.82, 2.24) is 0 Å². The van der Waals surface area contributed by atoms with Gasteiger partial charge in [0, 0.05) is 5.92 Å². The molecular weight excluding hydrogens is 276 g/mol. The maximum absolute atomic E-state index is 11.8. The van der Waals surface area contributed by atoms with Gasteiger partial charge in [0.25, 0.3) is 0 Å². The molecule has 2 aliphatic rings. The maximum Gasteiger partial charge on any atom is 0.336 e. The Bertz CT molecular complexity index is 523. The van der Waals surface area contributed by atoms with Crippen molar-refractivity contribution in [1.29, 1.82) is 0 Å². The Labute approximate surface area is 132 Å². The number of hydrogen-bond donors (Lipinski definition) is 0. The van der Waals surface area contributed by atoms with Crippen LogP contribution in [-0.2, 0) is 14.3 Å². The Morgan fingerprint density at radius 3 is 3.00 bits per heavy atom. The third-order valence-electron chi connectivity index (χ3n) is 3.94. The zero-order valence-electron chi connectivity index (χ0n) is 13.2. The number of esters is 1. The van der Waals surface area contributed by atoms with E-state index in [4.69, 9.17) is 9.47 Å². The molecule has 0 saturated heterocycles. The molecule has 0 heterocycles. The van der Waals surface area contributed by atoms with Crippen molar-refractivity contribution >= 4 is 5.97 Å². The van der Waals surface area contributed by atoms with Gasteiger partial charge in [-0.2, -0.15) is 0 Å². The van der Waals surface area contributed by atoms with Gasteiger partial charge in [0.2, 0.25) is 0 Å². The first-order chi connectivity index (χ1) is 10.7. The van der Waals surface area contributed by atoms with E-state index in [0.29, 0.717) is 5.92 Å². The maximum atomic E-state index is 11.8. The summed E-state index contributed by atoms with van der Waals surface area (Å²) < 4.78 is 10.8. The number of carbonyl (C=O) groups excluding carboxylic acids is 1. The lowest BCUT2D eigenvalue weighted by Gasteiger charge is -2.24. The minimum Gasteiger partial charge on any atom is -0.432 e. The lowest BCUT2D eigenvalue weighted by atomic mass is 9.94. The normalized spacial score (nSPS) is 24.2. The molecule has 0 fully saturated rings. The summed E-state index contributed by atoms with van der Waals surface area (Å²) in [4.78, 5) is 11.8. The smallest absolute Gasteiger partial charge is 0.336 e. The second-order valence-corrected chi connectivity index (χ2v) is 5.73. The third-order valence-corrected chi connectivity index (χ3v) is 3.94. The van der Waals surface area contributed by atoms with Crippen molar-refractivity contribution in [3.8, 4) is 0 Å². The van der Waals surface area contributed by atoms with Crippen LogP contribution >= 0.6 is 0 Å². The number of rotatable bonds is 7. The van der Waals surface area contributed by atoms with Crippen molar-refractivity contribution < 1.29 is 14.3 Å². The molecular formula is C19H24O3. The summed E-state index contributed by atoms with van der Waals surface area (Å²) in [5.41, 5.74) is 2.19. The highest BCUT2D eigenvalue weighted by molar-refractivity contribution is 5.71. The predicted octanol–water partition coefficient (Wildman–Crippen LogP) is 4.25. The summed E-state index contributed by atoms with van der Waals surface area (Å²) >= 11 is 0. The standard InChI is InChI=1S/C19H24O3/c1-3-16(12-17-9-5-6-10-17)13-22-19(20)14-21-18-11-7-4-8-15(18)2/h3-6,8-9,13,15,18H,1,7,10-12,14H2,2H3/b16-13+/t15?,18-/m1/s1. The summed E-state index contributed by atoms with van der Waals surface area (Å²) in [7, 11) is 0. The number of carbonyl (C=O) groups is 1. The summed E-state index contributed by atoms with van der Waals surface area (Å²) in [6, 6.07) is 0. The molecule has 0 aromatic heterocycles. The van der Waals surface area contributed by atoms with Crippen molar-refractivity contribution in [2.45, 2.75) is 38.7 Å². The van der Waals surface area contributed by atoms with Crippen LogP contribution in [0.4, 0.5) is 0 Å². The van der Waals surface area contributed by atoms with Crippen LogP contribution in [0.1, 0.15) is 32.6 Å². The second-order valence-electron chi connectivity index (χ2n) is 5.73. The number of allylic oxidation sites excluding steroid dienone is 7. The fourth-order valence-corrected chi connectivity index (χ4v) is 2.59. The second kappa shape index (κ2) is 8.54. The molecule has 3 nitrogen and oxygen atoms in total. The Hall–Kier alpha value is -1.87. The Kier molecular flexibility index (Phi) is 6.41. The van der Waals surface area contributed by atoms with E-state index >= 15 is 0 Å². The molecule has 118 valence electrons. The molecule has 0 aliphatic heterocycles. The van der Waals surface area contributed by atoms with Crippen molar-refractivity contribution in [2.75, 3.05) is 6.61 Å². The number of ether oxygens (including phenoxy) is 2. The molecule has 22 heavy (non-hydrogen) atoms. The van der Waals surface area contributed by atoms with Crippen LogP contribution in [0, 0.1) is 5.92 Å². The molecule has 0 bridgehead atoms. The highest BCUT2D eigenvalue weighted by Crippen LogP contribution is 2.21. The van der Waals surface area contributed by atoms with E-state index in [2.05, 4.69) is 37.8 Å². The molecule has 0 aromatic rings. The van der Waals surface area contributed by atoms with Gasteiger partial charge in [-0.15, -0.1) is 0 Å². The summed E-state index contributed by atoms with van der Waals surface area (Å²) in [6.07, 6.45) is 17.5. The fraction of sp³-hybridized carbons (Fsp3) is 0.421. The monoisotopic (exact) mass is 300 g/mol. The minimum atomic E-state index is -0.361. The fourth-order valence-electron chi connectivity index (χ4n) is 2.59. The first-order valence-electron chi connectivity index (χ1n) is 7.83. The molecule has 0 N–H and O–H groups in total. The molecule has 0 amide bonds. The average Bonchev–Trinajstić information content (AvgIpc) is 3.03. The van der Waals surface area contributed by atoms with E-state index in [1.54, 1.807) is 6.08 Å². The van der Waals surface area contributed by atoms with Crippen LogP contribution in [0.2, 0.25) is 0 Å². The van der Waals surface area contributed by atoms with Crippen LogP contribution < -0.4 is 0 Å². The molecule has 0 saturated carbocycles. The highest BCUT2D eigenvalue weighted by atomic mass is 16.6. The van der Waals surface area contributed by atoms with Crippen LogP contribution in [0.15, 0.2) is 60.4 Å². The first kappa shape index (κ1) is 16.5. The molecule has 0 aromatic carbocycles. The first-order valence-corrected chi connectivity index (χ1v) is 7.83. The predicted molar refractivity (Wildman–Crippen MR) is 88.1 cm³/mol. The van der Waals surface area contributed by atoms with E-state index in [1.807, 2.05) is 6.08 Å². The van der Waals surface area contributed by atoms with Gasteiger partial charge in [0.1, 0.15) is 6.61 Å². The van der Waals surface area contributed by atoms with Crippen LogP contribution in [-0.4, -0.2) is 18.7 Å². The van der Waals surface area contributed by atoms with Gasteiger partial charge in [0.15, 0.2) is 0 Å². The topological polar surface area (TPSA) is 35.5 Å². The van der Waals surface area contributed by atoms with Crippen molar-refractivity contribution in [3.63, 3.8) is 0 Å². The van der Waals surface area contributed by atoms with Gasteiger partial charge in [-0.1, -0.05) is 55.5 Å². The van der Waals surface area contributed by atoms with E-state index < -0.39 is 0 Å². The Morgan fingerprint density at radius 1 is 1.45 bits per heavy atom. The van der Waals surface area contributed by atoms with Crippen LogP contribution in [0.3, 0.4) is 0 Å². The third kappa shape index (κ3) is 5.15. The van der Waals surface area contributed by atoms with Gasteiger partial charge in [-0.05, 0) is 31.3 Å². The van der Waals surface area contributed by atoms with E-state index in [0.717, 1.165) is 31.3 Å². The number of hydrogen-bond acceptors (Lipinski definition) is 3. The van der Waals surface area contributed by atoms with Gasteiger partial charge >= 0.3 is 5.97 Å². The van der Waals surface area contributed by atoms with Crippen LogP contribution in [0.5, 0.6) is 0 Å². The summed E-state index contributed by atoms with van der Waals surface area (Å²) in [6.45, 7) is 5.86. The molecule has 2 aliphatic carbocycles. The van der Waals surface area contributed by atoms with Gasteiger partial charge < -0.3 is 9.47 Å². The zero-order chi connectivity index (χ0) is 15.8. The summed E-state index contributed by atoms with van der Waals surface area (Å²) in [5.74, 6) is -0.0118. The molecule has 1 unspecified atom stereocenters. The average molecular weight is 300 g/mol. The van der Waals surface area contributed by atoms with Crippen molar-refractivity contribution in [3.05, 3.63) is 60.4 Å². The molecule has 2 atom stereocenters. The van der Waals surface area contributed by atoms with Gasteiger partial charge in [-0.3, -0.25) is 0 Å². The van der Waals surface area contributed by atoms with E-state index in [9.17, 15) is 4.79 Å². The van der Waals surface area contributed by atoms with Crippen LogP contribution in [0.25, 0.3) is 0 Å². The zero-order valence-corrected chi connectivity index (χ0v) is 13.2. The SMILES string of the molecule is C=C/C(=C\OC(=O)CO[C@@H]1CCC=CC1C)CC1=CC=CC1. The lowest BCUT2D eigenvalue weighted by molar-refractivity contribution is -0.146. The summed E-state index contributed by atoms with van der Waals surface area (Å²) in [5, 5.41) is 0. The molecule has 0 spiro atoms. The Morgan fingerprint density at radius 2 is 2.32 bits per heavy atom. The van der Waals surface area contributed by atoms with E-state index in [1.165, 1.54) is 11.8 Å². The lowest BCUT2D eigenvalue weighted by Crippen LogP contribution is -2.26. The quantitative estimate of drug-likeness (QED) is 0.305. The minimum absolute atomic E-state index is 0.00593. The van der Waals surface area contributed by atoms with Crippen molar-refractivity contribution in [2.24, 2.45) is 5.92 Å². The van der Waals surface area contributed by atoms with E-state index in [-0.39, 0.29) is 18.7 Å². The highest BCUT2D eigenvalue weighted by Gasteiger charge is 2.19. The molecule has 3 heteroatoms.